The molecule has 7 nitrogen and oxygen atoms in total. The molecule has 0 unspecified atom stereocenters. The Labute approximate surface area is 176 Å². The molecule has 0 aliphatic carbocycles. The standard InChI is InChI=1S/C23H28N2O5/c1-28-22(26)15-18-7-9-21(10-8-18)29-14-11-20-16-25(13-12-24-20)23(27)30-17-19-5-3-2-4-6-19/h2-10,20,24H,11-17H2,1H3/t20-/m1/s1. The maximum absolute atomic E-state index is 12.4. The number of carbonyl (C=O) groups excluding carboxylic acids is 2. The SMILES string of the molecule is COC(=O)Cc1ccc(OCC[C@@H]2CN(C(=O)OCc3ccccc3)CCN2)cc1. The summed E-state index contributed by atoms with van der Waals surface area (Å²) in [6.07, 6.45) is 0.734. The molecular weight excluding hydrogens is 384 g/mol. The Morgan fingerprint density at radius 2 is 1.83 bits per heavy atom. The molecule has 0 saturated carbocycles. The topological polar surface area (TPSA) is 77.1 Å². The zero-order valence-corrected chi connectivity index (χ0v) is 17.2. The van der Waals surface area contributed by atoms with Crippen molar-refractivity contribution in [2.45, 2.75) is 25.5 Å². The van der Waals surface area contributed by atoms with Gasteiger partial charge in [-0.15, -0.1) is 0 Å². The van der Waals surface area contributed by atoms with Gasteiger partial charge in [-0.25, -0.2) is 4.79 Å². The van der Waals surface area contributed by atoms with Crippen LogP contribution in [-0.2, 0) is 27.3 Å². The van der Waals surface area contributed by atoms with Crippen molar-refractivity contribution in [2.24, 2.45) is 0 Å². The van der Waals surface area contributed by atoms with E-state index in [0.29, 0.717) is 19.7 Å². The van der Waals surface area contributed by atoms with Crippen LogP contribution in [0.4, 0.5) is 4.79 Å². The number of methoxy groups -OCH3 is 1. The van der Waals surface area contributed by atoms with Gasteiger partial charge in [0.25, 0.3) is 0 Å². The molecule has 0 aromatic heterocycles. The van der Waals surface area contributed by atoms with Crippen molar-refractivity contribution in [1.29, 1.82) is 0 Å². The largest absolute Gasteiger partial charge is 0.494 e. The van der Waals surface area contributed by atoms with Gasteiger partial charge in [0, 0.05) is 25.7 Å². The molecule has 1 heterocycles. The molecule has 1 saturated heterocycles. The molecule has 0 spiro atoms. The zero-order chi connectivity index (χ0) is 21.2. The van der Waals surface area contributed by atoms with Gasteiger partial charge in [0.05, 0.1) is 20.1 Å². The van der Waals surface area contributed by atoms with Crippen molar-refractivity contribution < 1.29 is 23.8 Å². The molecule has 1 aliphatic rings. The van der Waals surface area contributed by atoms with Crippen molar-refractivity contribution in [1.82, 2.24) is 10.2 Å². The summed E-state index contributed by atoms with van der Waals surface area (Å²) in [6, 6.07) is 17.2. The predicted octanol–water partition coefficient (Wildman–Crippen LogP) is 2.78. The second-order valence-corrected chi connectivity index (χ2v) is 7.17. The van der Waals surface area contributed by atoms with Crippen molar-refractivity contribution in [2.75, 3.05) is 33.4 Å². The molecule has 1 aliphatic heterocycles. The lowest BCUT2D eigenvalue weighted by atomic mass is 10.1. The fourth-order valence-corrected chi connectivity index (χ4v) is 3.26. The summed E-state index contributed by atoms with van der Waals surface area (Å²) in [5, 5.41) is 3.42. The van der Waals surface area contributed by atoms with Crippen LogP contribution in [0, 0.1) is 0 Å². The molecule has 7 heteroatoms. The Kier molecular flexibility index (Phi) is 8.09. The van der Waals surface area contributed by atoms with E-state index in [-0.39, 0.29) is 31.1 Å². The number of ether oxygens (including phenoxy) is 3. The lowest BCUT2D eigenvalue weighted by Crippen LogP contribution is -2.53. The van der Waals surface area contributed by atoms with Gasteiger partial charge in [0.15, 0.2) is 0 Å². The smallest absolute Gasteiger partial charge is 0.410 e. The molecule has 30 heavy (non-hydrogen) atoms. The zero-order valence-electron chi connectivity index (χ0n) is 17.2. The minimum Gasteiger partial charge on any atom is -0.494 e. The van der Waals surface area contributed by atoms with E-state index >= 15 is 0 Å². The van der Waals surface area contributed by atoms with Crippen LogP contribution in [0.3, 0.4) is 0 Å². The fourth-order valence-electron chi connectivity index (χ4n) is 3.26. The number of nitrogens with zero attached hydrogens (tertiary/aromatic N) is 1. The average Bonchev–Trinajstić information content (AvgIpc) is 2.79. The van der Waals surface area contributed by atoms with Gasteiger partial charge in [-0.1, -0.05) is 42.5 Å². The van der Waals surface area contributed by atoms with Crippen LogP contribution in [0.15, 0.2) is 54.6 Å². The molecule has 2 aromatic carbocycles. The van der Waals surface area contributed by atoms with E-state index < -0.39 is 0 Å². The highest BCUT2D eigenvalue weighted by Gasteiger charge is 2.24. The molecular formula is C23H28N2O5. The third-order valence-corrected chi connectivity index (χ3v) is 4.95. The molecule has 1 fully saturated rings. The number of piperazine rings is 1. The van der Waals surface area contributed by atoms with Gasteiger partial charge in [0.2, 0.25) is 0 Å². The number of hydrogen-bond acceptors (Lipinski definition) is 6. The van der Waals surface area contributed by atoms with Crippen LogP contribution >= 0.6 is 0 Å². The van der Waals surface area contributed by atoms with E-state index in [1.165, 1.54) is 7.11 Å². The van der Waals surface area contributed by atoms with Crippen molar-refractivity contribution in [3.63, 3.8) is 0 Å². The normalized spacial score (nSPS) is 16.0. The molecule has 2 aromatic rings. The number of benzene rings is 2. The number of hydrogen-bond donors (Lipinski definition) is 1. The Balaban J connectivity index is 1.38. The number of rotatable bonds is 8. The molecule has 1 atom stereocenters. The first-order valence-electron chi connectivity index (χ1n) is 10.1. The van der Waals surface area contributed by atoms with Gasteiger partial charge in [0.1, 0.15) is 12.4 Å². The van der Waals surface area contributed by atoms with Crippen LogP contribution in [0.2, 0.25) is 0 Å². The maximum atomic E-state index is 12.4. The molecule has 0 bridgehead atoms. The Hall–Kier alpha value is -3.06. The number of carbonyl (C=O) groups is 2. The van der Waals surface area contributed by atoms with E-state index in [4.69, 9.17) is 9.47 Å². The first-order valence-corrected chi connectivity index (χ1v) is 10.1. The van der Waals surface area contributed by atoms with Gasteiger partial charge in [-0.2, -0.15) is 0 Å². The maximum Gasteiger partial charge on any atom is 0.410 e. The van der Waals surface area contributed by atoms with E-state index in [1.54, 1.807) is 4.90 Å². The van der Waals surface area contributed by atoms with Crippen molar-refractivity contribution >= 4 is 12.1 Å². The summed E-state index contributed by atoms with van der Waals surface area (Å²) >= 11 is 0. The molecule has 1 amide bonds. The summed E-state index contributed by atoms with van der Waals surface area (Å²) in [5.41, 5.74) is 1.86. The van der Waals surface area contributed by atoms with Crippen molar-refractivity contribution in [3.8, 4) is 5.75 Å². The van der Waals surface area contributed by atoms with Crippen molar-refractivity contribution in [3.05, 3.63) is 65.7 Å². The highest BCUT2D eigenvalue weighted by atomic mass is 16.6. The van der Waals surface area contributed by atoms with Crippen LogP contribution < -0.4 is 10.1 Å². The third-order valence-electron chi connectivity index (χ3n) is 4.95. The summed E-state index contributed by atoms with van der Waals surface area (Å²) in [4.78, 5) is 25.4. The lowest BCUT2D eigenvalue weighted by Gasteiger charge is -2.33. The number of nitrogens with one attached hydrogen (secondary N) is 1. The fraction of sp³-hybridized carbons (Fsp3) is 0.391. The monoisotopic (exact) mass is 412 g/mol. The Bertz CT molecular complexity index is 810. The Morgan fingerprint density at radius 3 is 2.57 bits per heavy atom. The van der Waals surface area contributed by atoms with Crippen LogP contribution in [0.5, 0.6) is 5.75 Å². The molecule has 3 rings (SSSR count). The highest BCUT2D eigenvalue weighted by molar-refractivity contribution is 5.72. The molecule has 160 valence electrons. The van der Waals surface area contributed by atoms with Gasteiger partial charge in [-0.05, 0) is 29.7 Å². The minimum absolute atomic E-state index is 0.154. The average molecular weight is 412 g/mol. The van der Waals surface area contributed by atoms with E-state index in [1.807, 2.05) is 54.6 Å². The van der Waals surface area contributed by atoms with Crippen LogP contribution in [-0.4, -0.2) is 56.4 Å². The second-order valence-electron chi connectivity index (χ2n) is 7.17. The summed E-state index contributed by atoms with van der Waals surface area (Å²) in [7, 11) is 1.38. The van der Waals surface area contributed by atoms with Crippen LogP contribution in [0.25, 0.3) is 0 Å². The summed E-state index contributed by atoms with van der Waals surface area (Å²) < 4.78 is 15.9. The third kappa shape index (κ3) is 6.77. The van der Waals surface area contributed by atoms with Gasteiger partial charge >= 0.3 is 12.1 Å². The first-order chi connectivity index (χ1) is 14.6. The van der Waals surface area contributed by atoms with Gasteiger partial charge < -0.3 is 24.4 Å². The van der Waals surface area contributed by atoms with E-state index in [9.17, 15) is 9.59 Å². The predicted molar refractivity (Wildman–Crippen MR) is 112 cm³/mol. The minimum atomic E-state index is -0.285. The van der Waals surface area contributed by atoms with E-state index in [0.717, 1.165) is 29.8 Å². The molecule has 0 radical (unpaired) electrons. The Morgan fingerprint density at radius 1 is 1.07 bits per heavy atom. The second kappa shape index (κ2) is 11.2. The highest BCUT2D eigenvalue weighted by Crippen LogP contribution is 2.14. The number of esters is 1. The van der Waals surface area contributed by atoms with Gasteiger partial charge in [-0.3, -0.25) is 4.79 Å². The molecule has 1 N–H and O–H groups in total. The quantitative estimate of drug-likeness (QED) is 0.672. The van der Waals surface area contributed by atoms with Crippen LogP contribution in [0.1, 0.15) is 17.5 Å². The number of amides is 1. The summed E-state index contributed by atoms with van der Waals surface area (Å²) in [6.45, 7) is 2.76. The first kappa shape index (κ1) is 21.6. The lowest BCUT2D eigenvalue weighted by molar-refractivity contribution is -0.139. The van der Waals surface area contributed by atoms with E-state index in [2.05, 4.69) is 10.1 Å². The summed E-state index contributed by atoms with van der Waals surface area (Å²) in [5.74, 6) is 0.484.